The van der Waals surface area contributed by atoms with Gasteiger partial charge in [0, 0.05) is 0 Å². The van der Waals surface area contributed by atoms with Gasteiger partial charge in [-0.05, 0) is 17.7 Å². The second-order valence-corrected chi connectivity index (χ2v) is 4.47. The first-order valence-corrected chi connectivity index (χ1v) is 5.75. The standard InChI is InChI=1S/C10H8F3NO2S/c11-10(12,13)16-7-3-1-2-6(4-7)9-14-8(15)5-17-9/h1-4,9H,5H2,(H,14,15). The maximum atomic E-state index is 12.0. The quantitative estimate of drug-likeness (QED) is 0.890. The van der Waals surface area contributed by atoms with Gasteiger partial charge in [-0.3, -0.25) is 4.79 Å². The highest BCUT2D eigenvalue weighted by Crippen LogP contribution is 2.33. The number of ether oxygens (including phenoxy) is 1. The van der Waals surface area contributed by atoms with Crippen LogP contribution >= 0.6 is 11.8 Å². The predicted molar refractivity (Wildman–Crippen MR) is 56.5 cm³/mol. The summed E-state index contributed by atoms with van der Waals surface area (Å²) >= 11 is 1.33. The van der Waals surface area contributed by atoms with Crippen molar-refractivity contribution >= 4 is 17.7 Å². The SMILES string of the molecule is O=C1CSC(c2cccc(OC(F)(F)F)c2)N1. The van der Waals surface area contributed by atoms with Crippen LogP contribution in [0.1, 0.15) is 10.9 Å². The molecule has 1 aromatic rings. The lowest BCUT2D eigenvalue weighted by Crippen LogP contribution is -2.19. The van der Waals surface area contributed by atoms with Gasteiger partial charge in [-0.2, -0.15) is 0 Å². The summed E-state index contributed by atoms with van der Waals surface area (Å²) in [5.41, 5.74) is 0.586. The lowest BCUT2D eigenvalue weighted by atomic mass is 10.2. The van der Waals surface area contributed by atoms with E-state index in [0.29, 0.717) is 11.3 Å². The molecular weight excluding hydrogens is 255 g/mol. The largest absolute Gasteiger partial charge is 0.573 e. The number of rotatable bonds is 2. The first-order chi connectivity index (χ1) is 7.94. The molecule has 1 aliphatic rings. The van der Waals surface area contributed by atoms with E-state index in [-0.39, 0.29) is 17.0 Å². The fourth-order valence-electron chi connectivity index (χ4n) is 1.44. The van der Waals surface area contributed by atoms with Crippen LogP contribution in [-0.4, -0.2) is 18.0 Å². The zero-order valence-electron chi connectivity index (χ0n) is 8.45. The number of thioether (sulfide) groups is 1. The summed E-state index contributed by atoms with van der Waals surface area (Å²) in [5, 5.41) is 2.34. The summed E-state index contributed by atoms with van der Waals surface area (Å²) in [6.07, 6.45) is -4.70. The summed E-state index contributed by atoms with van der Waals surface area (Å²) in [6.45, 7) is 0. The topological polar surface area (TPSA) is 38.3 Å². The fraction of sp³-hybridized carbons (Fsp3) is 0.300. The molecule has 7 heteroatoms. The zero-order chi connectivity index (χ0) is 12.5. The van der Waals surface area contributed by atoms with Gasteiger partial charge in [-0.25, -0.2) is 0 Å². The molecule has 1 aromatic carbocycles. The highest BCUT2D eigenvalue weighted by Gasteiger charge is 2.31. The summed E-state index contributed by atoms with van der Waals surface area (Å²) in [7, 11) is 0. The maximum Gasteiger partial charge on any atom is 0.573 e. The molecule has 1 fully saturated rings. The Hall–Kier alpha value is -1.37. The van der Waals surface area contributed by atoms with Crippen molar-refractivity contribution in [2.45, 2.75) is 11.7 Å². The van der Waals surface area contributed by atoms with Crippen LogP contribution in [-0.2, 0) is 4.79 Å². The molecule has 3 nitrogen and oxygen atoms in total. The van der Waals surface area contributed by atoms with Crippen LogP contribution in [0.5, 0.6) is 5.75 Å². The number of benzene rings is 1. The number of hydrogen-bond acceptors (Lipinski definition) is 3. The van der Waals surface area contributed by atoms with E-state index in [1.54, 1.807) is 6.07 Å². The van der Waals surface area contributed by atoms with E-state index < -0.39 is 6.36 Å². The lowest BCUT2D eigenvalue weighted by Gasteiger charge is -2.13. The fourth-order valence-corrected chi connectivity index (χ4v) is 2.40. The van der Waals surface area contributed by atoms with Gasteiger partial charge in [-0.1, -0.05) is 12.1 Å². The molecule has 1 aliphatic heterocycles. The minimum absolute atomic E-state index is 0.123. The Morgan fingerprint density at radius 1 is 1.41 bits per heavy atom. The van der Waals surface area contributed by atoms with Crippen molar-refractivity contribution < 1.29 is 22.7 Å². The molecule has 17 heavy (non-hydrogen) atoms. The molecule has 0 saturated carbocycles. The second kappa shape index (κ2) is 4.48. The van der Waals surface area contributed by atoms with Crippen LogP contribution < -0.4 is 10.1 Å². The lowest BCUT2D eigenvalue weighted by molar-refractivity contribution is -0.274. The Bertz CT molecular complexity index is 436. The van der Waals surface area contributed by atoms with Crippen LogP contribution in [0.25, 0.3) is 0 Å². The third-order valence-corrected chi connectivity index (χ3v) is 3.22. The summed E-state index contributed by atoms with van der Waals surface area (Å²) in [4.78, 5) is 11.0. The molecule has 0 bridgehead atoms. The number of alkyl halides is 3. The molecule has 1 atom stereocenters. The van der Waals surface area contributed by atoms with Gasteiger partial charge in [-0.15, -0.1) is 24.9 Å². The normalized spacial score (nSPS) is 20.2. The van der Waals surface area contributed by atoms with E-state index >= 15 is 0 Å². The van der Waals surface area contributed by atoms with Crippen molar-refractivity contribution in [1.29, 1.82) is 0 Å². The number of amides is 1. The highest BCUT2D eigenvalue weighted by atomic mass is 32.2. The Morgan fingerprint density at radius 2 is 2.18 bits per heavy atom. The maximum absolute atomic E-state index is 12.0. The molecule has 1 amide bonds. The van der Waals surface area contributed by atoms with E-state index in [0.717, 1.165) is 0 Å². The number of halogens is 3. The van der Waals surface area contributed by atoms with Crippen molar-refractivity contribution in [3.63, 3.8) is 0 Å². The van der Waals surface area contributed by atoms with Crippen LogP contribution in [0, 0.1) is 0 Å². The van der Waals surface area contributed by atoms with E-state index in [1.807, 2.05) is 0 Å². The minimum atomic E-state index is -4.70. The van der Waals surface area contributed by atoms with E-state index in [2.05, 4.69) is 10.1 Å². The molecule has 0 spiro atoms. The average Bonchev–Trinajstić information content (AvgIpc) is 2.63. The summed E-state index contributed by atoms with van der Waals surface area (Å²) < 4.78 is 39.9. The van der Waals surface area contributed by atoms with E-state index in [4.69, 9.17) is 0 Å². The van der Waals surface area contributed by atoms with Crippen LogP contribution in [0.15, 0.2) is 24.3 Å². The molecule has 1 unspecified atom stereocenters. The van der Waals surface area contributed by atoms with Crippen molar-refractivity contribution in [2.75, 3.05) is 5.75 Å². The van der Waals surface area contributed by atoms with Crippen LogP contribution in [0.2, 0.25) is 0 Å². The van der Waals surface area contributed by atoms with Gasteiger partial charge in [0.2, 0.25) is 5.91 Å². The molecule has 1 heterocycles. The Morgan fingerprint density at radius 3 is 2.76 bits per heavy atom. The number of nitrogens with one attached hydrogen (secondary N) is 1. The molecule has 1 saturated heterocycles. The van der Waals surface area contributed by atoms with E-state index in [9.17, 15) is 18.0 Å². The Balaban J connectivity index is 2.14. The number of carbonyl (C=O) groups is 1. The Kier molecular flexibility index (Phi) is 3.19. The van der Waals surface area contributed by atoms with Gasteiger partial charge in [0.1, 0.15) is 11.1 Å². The number of hydrogen-bond donors (Lipinski definition) is 1. The van der Waals surface area contributed by atoms with Crippen LogP contribution in [0.3, 0.4) is 0 Å². The first kappa shape index (κ1) is 12.1. The smallest absolute Gasteiger partial charge is 0.406 e. The molecular formula is C10H8F3NO2S. The molecule has 0 aliphatic carbocycles. The first-order valence-electron chi connectivity index (χ1n) is 4.71. The Labute approximate surface area is 99.3 Å². The number of carbonyl (C=O) groups excluding carboxylic acids is 1. The molecule has 0 aromatic heterocycles. The predicted octanol–water partition coefficient (Wildman–Crippen LogP) is 2.45. The van der Waals surface area contributed by atoms with Crippen molar-refractivity contribution in [3.8, 4) is 5.75 Å². The van der Waals surface area contributed by atoms with Crippen molar-refractivity contribution in [1.82, 2.24) is 5.32 Å². The van der Waals surface area contributed by atoms with Gasteiger partial charge in [0.15, 0.2) is 0 Å². The molecule has 1 N–H and O–H groups in total. The van der Waals surface area contributed by atoms with E-state index in [1.165, 1.54) is 30.0 Å². The third kappa shape index (κ3) is 3.29. The summed E-state index contributed by atoms with van der Waals surface area (Å²) in [6, 6.07) is 5.60. The monoisotopic (exact) mass is 263 g/mol. The van der Waals surface area contributed by atoms with Crippen molar-refractivity contribution in [3.05, 3.63) is 29.8 Å². The van der Waals surface area contributed by atoms with Crippen molar-refractivity contribution in [2.24, 2.45) is 0 Å². The highest BCUT2D eigenvalue weighted by molar-refractivity contribution is 8.00. The summed E-state index contributed by atoms with van der Waals surface area (Å²) in [5.74, 6) is -0.0893. The average molecular weight is 263 g/mol. The van der Waals surface area contributed by atoms with Gasteiger partial charge < -0.3 is 10.1 Å². The third-order valence-electron chi connectivity index (χ3n) is 2.07. The van der Waals surface area contributed by atoms with Crippen LogP contribution in [0.4, 0.5) is 13.2 Å². The molecule has 2 rings (SSSR count). The zero-order valence-corrected chi connectivity index (χ0v) is 9.27. The molecule has 92 valence electrons. The molecule has 0 radical (unpaired) electrons. The van der Waals surface area contributed by atoms with Gasteiger partial charge >= 0.3 is 6.36 Å². The van der Waals surface area contributed by atoms with Gasteiger partial charge in [0.25, 0.3) is 0 Å². The van der Waals surface area contributed by atoms with Gasteiger partial charge in [0.05, 0.1) is 5.75 Å². The second-order valence-electron chi connectivity index (χ2n) is 3.38. The minimum Gasteiger partial charge on any atom is -0.406 e.